The highest BCUT2D eigenvalue weighted by Gasteiger charge is 2.22. The first-order valence-electron chi connectivity index (χ1n) is 7.22. The summed E-state index contributed by atoms with van der Waals surface area (Å²) in [7, 11) is 0. The molecule has 3 rings (SSSR count). The van der Waals surface area contributed by atoms with E-state index in [1.807, 2.05) is 25.3 Å². The van der Waals surface area contributed by atoms with Crippen LogP contribution in [0.25, 0.3) is 0 Å². The van der Waals surface area contributed by atoms with Gasteiger partial charge in [-0.1, -0.05) is 17.7 Å². The predicted octanol–water partition coefficient (Wildman–Crippen LogP) is 5.56. The van der Waals surface area contributed by atoms with Gasteiger partial charge in [0.1, 0.15) is 5.00 Å². The molecule has 0 aliphatic heterocycles. The maximum Gasteiger partial charge on any atom is 0.266 e. The zero-order valence-corrected chi connectivity index (χ0v) is 15.4. The Bertz CT molecular complexity index is 896. The highest BCUT2D eigenvalue weighted by Crippen LogP contribution is 2.34. The third-order valence-corrected chi connectivity index (χ3v) is 5.93. The van der Waals surface area contributed by atoms with Gasteiger partial charge in [0, 0.05) is 15.5 Å². The lowest BCUT2D eigenvalue weighted by Gasteiger charge is -2.06. The molecule has 0 aliphatic rings. The number of thiophene rings is 2. The first-order chi connectivity index (χ1) is 11.5. The third kappa shape index (κ3) is 3.29. The molecule has 0 aliphatic carbocycles. The smallest absolute Gasteiger partial charge is 0.266 e. The molecule has 0 radical (unpaired) electrons. The minimum absolute atomic E-state index is 0.116. The summed E-state index contributed by atoms with van der Waals surface area (Å²) < 4.78 is 0. The van der Waals surface area contributed by atoms with Gasteiger partial charge in [-0.05, 0) is 55.1 Å². The van der Waals surface area contributed by atoms with Gasteiger partial charge in [0.25, 0.3) is 5.91 Å². The van der Waals surface area contributed by atoms with E-state index in [9.17, 15) is 9.59 Å². The summed E-state index contributed by atoms with van der Waals surface area (Å²) in [6, 6.07) is 10.3. The van der Waals surface area contributed by atoms with E-state index in [-0.39, 0.29) is 11.7 Å². The molecule has 0 unspecified atom stereocenters. The van der Waals surface area contributed by atoms with Crippen LogP contribution in [0.15, 0.2) is 41.8 Å². The van der Waals surface area contributed by atoms with Crippen LogP contribution in [0.3, 0.4) is 0 Å². The molecule has 0 bridgehead atoms. The Morgan fingerprint density at radius 2 is 1.79 bits per heavy atom. The van der Waals surface area contributed by atoms with Crippen molar-refractivity contribution in [3.8, 4) is 0 Å². The fraction of sp³-hybridized carbons (Fsp3) is 0.111. The van der Waals surface area contributed by atoms with E-state index in [1.54, 1.807) is 30.3 Å². The Balaban J connectivity index is 1.97. The van der Waals surface area contributed by atoms with Gasteiger partial charge in [0.2, 0.25) is 0 Å². The number of halogens is 1. The molecule has 24 heavy (non-hydrogen) atoms. The molecule has 6 heteroatoms. The average molecular weight is 376 g/mol. The number of nitrogens with one attached hydrogen (secondary N) is 1. The molecule has 122 valence electrons. The van der Waals surface area contributed by atoms with Crippen molar-refractivity contribution in [3.05, 3.63) is 73.2 Å². The van der Waals surface area contributed by atoms with Crippen molar-refractivity contribution in [3.63, 3.8) is 0 Å². The Morgan fingerprint density at radius 3 is 2.42 bits per heavy atom. The SMILES string of the molecule is Cc1sc(NC(=O)c2cccs2)c(C(=O)c2ccc(Cl)cc2)c1C. The molecule has 3 nitrogen and oxygen atoms in total. The molecule has 2 aromatic heterocycles. The number of carbonyl (C=O) groups is 2. The molecule has 0 saturated heterocycles. The van der Waals surface area contributed by atoms with Crippen LogP contribution in [0.4, 0.5) is 5.00 Å². The minimum Gasteiger partial charge on any atom is -0.312 e. The van der Waals surface area contributed by atoms with E-state index in [1.165, 1.54) is 22.7 Å². The monoisotopic (exact) mass is 375 g/mol. The lowest BCUT2D eigenvalue weighted by Crippen LogP contribution is -2.13. The van der Waals surface area contributed by atoms with E-state index in [0.29, 0.717) is 26.0 Å². The van der Waals surface area contributed by atoms with Crippen molar-refractivity contribution >= 4 is 51.0 Å². The summed E-state index contributed by atoms with van der Waals surface area (Å²) in [5.41, 5.74) is 1.98. The van der Waals surface area contributed by atoms with Gasteiger partial charge in [-0.2, -0.15) is 0 Å². The summed E-state index contributed by atoms with van der Waals surface area (Å²) in [4.78, 5) is 26.8. The highest BCUT2D eigenvalue weighted by molar-refractivity contribution is 7.17. The number of carbonyl (C=O) groups excluding carboxylic acids is 2. The van der Waals surface area contributed by atoms with Crippen molar-refractivity contribution in [2.24, 2.45) is 0 Å². The number of rotatable bonds is 4. The molecule has 1 amide bonds. The number of ketones is 1. The van der Waals surface area contributed by atoms with Crippen molar-refractivity contribution in [1.82, 2.24) is 0 Å². The fourth-order valence-electron chi connectivity index (χ4n) is 2.31. The summed E-state index contributed by atoms with van der Waals surface area (Å²) >= 11 is 8.67. The highest BCUT2D eigenvalue weighted by atomic mass is 35.5. The first-order valence-corrected chi connectivity index (χ1v) is 9.30. The Hall–Kier alpha value is -1.95. The van der Waals surface area contributed by atoms with Gasteiger partial charge < -0.3 is 5.32 Å². The van der Waals surface area contributed by atoms with Gasteiger partial charge in [0.05, 0.1) is 10.4 Å². The van der Waals surface area contributed by atoms with Crippen molar-refractivity contribution < 1.29 is 9.59 Å². The molecule has 3 aromatic rings. The van der Waals surface area contributed by atoms with Crippen LogP contribution in [0.2, 0.25) is 5.02 Å². The summed E-state index contributed by atoms with van der Waals surface area (Å²) in [6.07, 6.45) is 0. The molecule has 0 atom stereocenters. The fourth-order valence-corrected chi connectivity index (χ4v) is 4.10. The lowest BCUT2D eigenvalue weighted by atomic mass is 10.0. The topological polar surface area (TPSA) is 46.2 Å². The number of amides is 1. The number of benzene rings is 1. The molecule has 0 saturated carbocycles. The molecule has 1 N–H and O–H groups in total. The molecule has 2 heterocycles. The number of hydrogen-bond donors (Lipinski definition) is 1. The Kier molecular flexibility index (Phi) is 4.85. The average Bonchev–Trinajstić information content (AvgIpc) is 3.17. The van der Waals surface area contributed by atoms with E-state index in [4.69, 9.17) is 11.6 Å². The van der Waals surface area contributed by atoms with E-state index in [2.05, 4.69) is 5.32 Å². The second kappa shape index (κ2) is 6.89. The van der Waals surface area contributed by atoms with Gasteiger partial charge >= 0.3 is 0 Å². The number of aryl methyl sites for hydroxylation is 1. The molecular formula is C18H14ClNO2S2. The van der Waals surface area contributed by atoms with Gasteiger partial charge in [-0.15, -0.1) is 22.7 Å². The predicted molar refractivity (Wildman–Crippen MR) is 101 cm³/mol. The lowest BCUT2D eigenvalue weighted by molar-refractivity contribution is 0.103. The normalized spacial score (nSPS) is 10.6. The van der Waals surface area contributed by atoms with Crippen LogP contribution in [0, 0.1) is 13.8 Å². The summed E-state index contributed by atoms with van der Waals surface area (Å²) in [6.45, 7) is 3.84. The second-order valence-corrected chi connectivity index (χ2v) is 7.86. The van der Waals surface area contributed by atoms with Crippen LogP contribution >= 0.6 is 34.3 Å². The molecular weight excluding hydrogens is 362 g/mol. The molecule has 0 fully saturated rings. The van der Waals surface area contributed by atoms with E-state index >= 15 is 0 Å². The Morgan fingerprint density at radius 1 is 1.08 bits per heavy atom. The van der Waals surface area contributed by atoms with Crippen LogP contribution < -0.4 is 5.32 Å². The zero-order valence-electron chi connectivity index (χ0n) is 13.1. The summed E-state index contributed by atoms with van der Waals surface area (Å²) in [5.74, 6) is -0.314. The summed E-state index contributed by atoms with van der Waals surface area (Å²) in [5, 5.41) is 5.89. The Labute approximate surface area is 152 Å². The standard InChI is InChI=1S/C18H14ClNO2S2/c1-10-11(2)24-18(20-17(22)14-4-3-9-23-14)15(10)16(21)12-5-7-13(19)8-6-12/h3-9H,1-2H3,(H,20,22). The second-order valence-electron chi connectivity index (χ2n) is 5.25. The third-order valence-electron chi connectivity index (χ3n) is 3.69. The minimum atomic E-state index is -0.198. The van der Waals surface area contributed by atoms with Crippen molar-refractivity contribution in [2.75, 3.05) is 5.32 Å². The van der Waals surface area contributed by atoms with E-state index in [0.717, 1.165) is 10.4 Å². The maximum absolute atomic E-state index is 12.9. The van der Waals surface area contributed by atoms with Crippen LogP contribution in [0.1, 0.15) is 36.0 Å². The van der Waals surface area contributed by atoms with Crippen LogP contribution in [-0.4, -0.2) is 11.7 Å². The quantitative estimate of drug-likeness (QED) is 0.606. The molecule has 1 aromatic carbocycles. The molecule has 0 spiro atoms. The van der Waals surface area contributed by atoms with Crippen LogP contribution in [0.5, 0.6) is 0 Å². The van der Waals surface area contributed by atoms with Gasteiger partial charge in [0.15, 0.2) is 5.78 Å². The first kappa shape index (κ1) is 16.9. The van der Waals surface area contributed by atoms with Crippen molar-refractivity contribution in [1.29, 1.82) is 0 Å². The van der Waals surface area contributed by atoms with E-state index < -0.39 is 0 Å². The number of anilines is 1. The zero-order chi connectivity index (χ0) is 17.3. The maximum atomic E-state index is 12.9. The largest absolute Gasteiger partial charge is 0.312 e. The van der Waals surface area contributed by atoms with Gasteiger partial charge in [-0.3, -0.25) is 9.59 Å². The number of hydrogen-bond acceptors (Lipinski definition) is 4. The van der Waals surface area contributed by atoms with Gasteiger partial charge in [-0.25, -0.2) is 0 Å². The van der Waals surface area contributed by atoms with Crippen molar-refractivity contribution in [2.45, 2.75) is 13.8 Å². The van der Waals surface area contributed by atoms with Crippen LogP contribution in [-0.2, 0) is 0 Å².